The van der Waals surface area contributed by atoms with Crippen LogP contribution in [0.5, 0.6) is 0 Å². The molecule has 5 nitrogen and oxygen atoms in total. The Morgan fingerprint density at radius 1 is 1.07 bits per heavy atom. The van der Waals surface area contributed by atoms with Crippen molar-refractivity contribution < 1.29 is 9.59 Å². The van der Waals surface area contributed by atoms with Crippen LogP contribution in [-0.4, -0.2) is 28.2 Å². The van der Waals surface area contributed by atoms with Crippen LogP contribution in [0.3, 0.4) is 0 Å². The molecule has 2 heterocycles. The SMILES string of the molecule is Cc1ccc(CC2(NC(=O)c3ccccc3)N=C3C=CC=CN3C2=O)cc1. The zero-order chi connectivity index (χ0) is 18.9. The van der Waals surface area contributed by atoms with Gasteiger partial charge in [-0.3, -0.25) is 14.5 Å². The van der Waals surface area contributed by atoms with Gasteiger partial charge >= 0.3 is 0 Å². The number of nitrogens with one attached hydrogen (secondary N) is 1. The third kappa shape index (κ3) is 3.19. The number of aryl methyl sites for hydroxylation is 1. The van der Waals surface area contributed by atoms with Crippen molar-refractivity contribution in [3.63, 3.8) is 0 Å². The summed E-state index contributed by atoms with van der Waals surface area (Å²) >= 11 is 0. The highest BCUT2D eigenvalue weighted by Gasteiger charge is 2.48. The Balaban J connectivity index is 1.71. The summed E-state index contributed by atoms with van der Waals surface area (Å²) in [7, 11) is 0. The Morgan fingerprint density at radius 3 is 2.52 bits per heavy atom. The first-order valence-corrected chi connectivity index (χ1v) is 8.79. The molecule has 0 radical (unpaired) electrons. The van der Waals surface area contributed by atoms with E-state index in [1.54, 1.807) is 42.6 Å². The molecule has 4 rings (SSSR count). The fourth-order valence-corrected chi connectivity index (χ4v) is 3.23. The van der Waals surface area contributed by atoms with Gasteiger partial charge in [0.2, 0.25) is 5.66 Å². The Bertz CT molecular complexity index is 974. The third-order valence-electron chi connectivity index (χ3n) is 4.65. The van der Waals surface area contributed by atoms with Gasteiger partial charge in [0.05, 0.1) is 0 Å². The molecule has 5 heteroatoms. The number of hydrogen-bond donors (Lipinski definition) is 1. The van der Waals surface area contributed by atoms with E-state index in [2.05, 4.69) is 10.3 Å². The van der Waals surface area contributed by atoms with Crippen molar-refractivity contribution >= 4 is 17.6 Å². The quantitative estimate of drug-likeness (QED) is 0.914. The maximum absolute atomic E-state index is 13.2. The lowest BCUT2D eigenvalue weighted by atomic mass is 9.98. The average Bonchev–Trinajstić information content (AvgIpc) is 2.96. The lowest BCUT2D eigenvalue weighted by Crippen LogP contribution is -2.55. The van der Waals surface area contributed by atoms with Crippen LogP contribution in [-0.2, 0) is 11.2 Å². The summed E-state index contributed by atoms with van der Waals surface area (Å²) < 4.78 is 0. The van der Waals surface area contributed by atoms with Crippen LogP contribution < -0.4 is 5.32 Å². The summed E-state index contributed by atoms with van der Waals surface area (Å²) in [5, 5.41) is 2.89. The van der Waals surface area contributed by atoms with Crippen molar-refractivity contribution in [1.29, 1.82) is 0 Å². The third-order valence-corrected chi connectivity index (χ3v) is 4.65. The zero-order valence-corrected chi connectivity index (χ0v) is 14.9. The summed E-state index contributed by atoms with van der Waals surface area (Å²) in [6.07, 6.45) is 7.32. The molecule has 1 unspecified atom stereocenters. The first-order valence-electron chi connectivity index (χ1n) is 8.79. The number of fused-ring (bicyclic) bond motifs is 1. The molecular formula is C22H19N3O2. The molecule has 134 valence electrons. The van der Waals surface area contributed by atoms with Crippen molar-refractivity contribution in [2.24, 2.45) is 4.99 Å². The van der Waals surface area contributed by atoms with Crippen LogP contribution in [0.1, 0.15) is 21.5 Å². The van der Waals surface area contributed by atoms with E-state index in [1.165, 1.54) is 4.90 Å². The minimum Gasteiger partial charge on any atom is -0.320 e. The number of aliphatic imine (C=N–C) groups is 1. The first kappa shape index (κ1) is 17.0. The number of allylic oxidation sites excluding steroid dienone is 2. The Kier molecular flexibility index (Phi) is 4.20. The molecule has 2 aliphatic rings. The van der Waals surface area contributed by atoms with Gasteiger partial charge in [0.1, 0.15) is 5.84 Å². The number of amidine groups is 1. The first-order chi connectivity index (χ1) is 13.1. The smallest absolute Gasteiger partial charge is 0.281 e. The highest BCUT2D eigenvalue weighted by molar-refractivity contribution is 6.15. The molecule has 0 spiro atoms. The minimum absolute atomic E-state index is 0.261. The van der Waals surface area contributed by atoms with Gasteiger partial charge in [-0.1, -0.05) is 54.1 Å². The number of rotatable bonds is 4. The number of nitrogens with zero attached hydrogens (tertiary/aromatic N) is 2. The maximum Gasteiger partial charge on any atom is 0.281 e. The number of benzene rings is 2. The Morgan fingerprint density at radius 2 is 1.81 bits per heavy atom. The predicted octanol–water partition coefficient (Wildman–Crippen LogP) is 2.99. The molecule has 0 saturated carbocycles. The molecule has 2 aromatic rings. The van der Waals surface area contributed by atoms with Crippen molar-refractivity contribution in [2.45, 2.75) is 19.0 Å². The van der Waals surface area contributed by atoms with Crippen LogP contribution in [0.25, 0.3) is 0 Å². The van der Waals surface area contributed by atoms with E-state index in [0.29, 0.717) is 11.4 Å². The topological polar surface area (TPSA) is 61.8 Å². The van der Waals surface area contributed by atoms with E-state index in [1.807, 2.05) is 43.3 Å². The summed E-state index contributed by atoms with van der Waals surface area (Å²) in [5.74, 6) is -0.0563. The summed E-state index contributed by atoms with van der Waals surface area (Å²) in [6.45, 7) is 2.01. The lowest BCUT2D eigenvalue weighted by molar-refractivity contribution is -0.130. The van der Waals surface area contributed by atoms with E-state index in [-0.39, 0.29) is 18.2 Å². The number of amides is 2. The average molecular weight is 357 g/mol. The zero-order valence-electron chi connectivity index (χ0n) is 14.9. The van der Waals surface area contributed by atoms with E-state index >= 15 is 0 Å². The summed E-state index contributed by atoms with van der Waals surface area (Å²) in [4.78, 5) is 32.1. The maximum atomic E-state index is 13.2. The van der Waals surface area contributed by atoms with Crippen molar-refractivity contribution in [1.82, 2.24) is 10.2 Å². The summed E-state index contributed by atoms with van der Waals surface area (Å²) in [6, 6.07) is 16.8. The second-order valence-electron chi connectivity index (χ2n) is 6.69. The van der Waals surface area contributed by atoms with Crippen molar-refractivity contribution in [2.75, 3.05) is 0 Å². The fourth-order valence-electron chi connectivity index (χ4n) is 3.23. The molecule has 2 aromatic carbocycles. The molecule has 1 N–H and O–H groups in total. The van der Waals surface area contributed by atoms with Gasteiger partial charge in [0, 0.05) is 18.2 Å². The standard InChI is InChI=1S/C22H19N3O2/c1-16-10-12-17(13-11-16)15-22(24-20(26)18-7-3-2-4-8-18)21(27)25-14-6-5-9-19(25)23-22/h2-14H,15H2,1H3,(H,24,26). The number of hydrogen-bond acceptors (Lipinski definition) is 3. The normalized spacial score (nSPS) is 20.4. The lowest BCUT2D eigenvalue weighted by Gasteiger charge is -2.27. The fraction of sp³-hybridized carbons (Fsp3) is 0.136. The molecule has 0 saturated heterocycles. The molecule has 0 aromatic heterocycles. The molecular weight excluding hydrogens is 338 g/mol. The van der Waals surface area contributed by atoms with Crippen LogP contribution in [0.4, 0.5) is 0 Å². The second kappa shape index (κ2) is 6.68. The molecule has 0 aliphatic carbocycles. The van der Waals surface area contributed by atoms with Crippen molar-refractivity contribution in [3.05, 3.63) is 95.7 Å². The largest absolute Gasteiger partial charge is 0.320 e. The predicted molar refractivity (Wildman–Crippen MR) is 104 cm³/mol. The van der Waals surface area contributed by atoms with Crippen LogP contribution >= 0.6 is 0 Å². The second-order valence-corrected chi connectivity index (χ2v) is 6.69. The van der Waals surface area contributed by atoms with Gasteiger partial charge in [-0.2, -0.15) is 0 Å². The van der Waals surface area contributed by atoms with Gasteiger partial charge in [-0.25, -0.2) is 4.99 Å². The molecule has 0 fully saturated rings. The van der Waals surface area contributed by atoms with Crippen LogP contribution in [0.2, 0.25) is 0 Å². The monoisotopic (exact) mass is 357 g/mol. The van der Waals surface area contributed by atoms with Crippen molar-refractivity contribution in [3.8, 4) is 0 Å². The molecule has 2 aliphatic heterocycles. The van der Waals surface area contributed by atoms with Gasteiger partial charge in [-0.15, -0.1) is 0 Å². The van der Waals surface area contributed by atoms with E-state index < -0.39 is 5.66 Å². The van der Waals surface area contributed by atoms with Gasteiger partial charge in [0.25, 0.3) is 11.8 Å². The minimum atomic E-state index is -1.36. The highest BCUT2D eigenvalue weighted by Crippen LogP contribution is 2.28. The van der Waals surface area contributed by atoms with Gasteiger partial charge < -0.3 is 5.32 Å². The van der Waals surface area contributed by atoms with E-state index in [4.69, 9.17) is 0 Å². The number of carbonyl (C=O) groups is 2. The van der Waals surface area contributed by atoms with E-state index in [0.717, 1.165) is 11.1 Å². The Labute approximate surface area is 157 Å². The Hall–Kier alpha value is -3.47. The molecule has 27 heavy (non-hydrogen) atoms. The highest BCUT2D eigenvalue weighted by atomic mass is 16.2. The van der Waals surface area contributed by atoms with Gasteiger partial charge in [-0.05, 0) is 36.8 Å². The molecule has 0 bridgehead atoms. The van der Waals surface area contributed by atoms with E-state index in [9.17, 15) is 9.59 Å². The van der Waals surface area contributed by atoms with Crippen LogP contribution in [0, 0.1) is 6.92 Å². The molecule has 1 atom stereocenters. The summed E-state index contributed by atoms with van der Waals surface area (Å²) in [5.41, 5.74) is 1.19. The van der Waals surface area contributed by atoms with Gasteiger partial charge in [0.15, 0.2) is 0 Å². The molecule has 2 amide bonds. The van der Waals surface area contributed by atoms with Crippen LogP contribution in [0.15, 0.2) is 84.0 Å². The number of carbonyl (C=O) groups excluding carboxylic acids is 2.